The first-order valence-electron chi connectivity index (χ1n) is 9.21. The van der Waals surface area contributed by atoms with Crippen LogP contribution in [-0.4, -0.2) is 31.4 Å². The molecule has 0 aliphatic carbocycles. The van der Waals surface area contributed by atoms with Gasteiger partial charge in [-0.05, 0) is 61.7 Å². The van der Waals surface area contributed by atoms with Gasteiger partial charge >= 0.3 is 12.1 Å². The van der Waals surface area contributed by atoms with Crippen LogP contribution < -0.4 is 10.1 Å². The van der Waals surface area contributed by atoms with E-state index in [4.69, 9.17) is 14.2 Å². The summed E-state index contributed by atoms with van der Waals surface area (Å²) in [5, 5.41) is 2.79. The molecule has 0 saturated heterocycles. The quantitative estimate of drug-likeness (QED) is 0.805. The van der Waals surface area contributed by atoms with Gasteiger partial charge < -0.3 is 19.5 Å². The van der Waals surface area contributed by atoms with Crippen LogP contribution in [0.25, 0.3) is 11.1 Å². The highest BCUT2D eigenvalue weighted by atomic mass is 16.6. The molecule has 0 spiro atoms. The van der Waals surface area contributed by atoms with Crippen molar-refractivity contribution in [3.05, 3.63) is 53.1 Å². The maximum atomic E-state index is 12.0. The van der Waals surface area contributed by atoms with Gasteiger partial charge in [0.15, 0.2) is 0 Å². The Labute approximate surface area is 164 Å². The molecule has 1 heterocycles. The van der Waals surface area contributed by atoms with Gasteiger partial charge in [0.05, 0.1) is 19.3 Å². The number of carbonyl (C=O) groups is 2. The fourth-order valence-electron chi connectivity index (χ4n) is 3.11. The van der Waals surface area contributed by atoms with Crippen molar-refractivity contribution in [2.75, 3.05) is 13.7 Å². The molecular formula is C22H25NO5. The highest BCUT2D eigenvalue weighted by Gasteiger charge is 2.21. The van der Waals surface area contributed by atoms with Crippen molar-refractivity contribution in [1.82, 2.24) is 5.32 Å². The van der Waals surface area contributed by atoms with E-state index in [9.17, 15) is 9.59 Å². The van der Waals surface area contributed by atoms with Crippen molar-refractivity contribution in [3.63, 3.8) is 0 Å². The van der Waals surface area contributed by atoms with Crippen molar-refractivity contribution in [2.45, 2.75) is 39.3 Å². The Balaban J connectivity index is 1.88. The van der Waals surface area contributed by atoms with Gasteiger partial charge in [-0.2, -0.15) is 0 Å². The molecule has 6 nitrogen and oxygen atoms in total. The van der Waals surface area contributed by atoms with Crippen LogP contribution in [0.5, 0.6) is 5.75 Å². The number of methoxy groups -OCH3 is 1. The van der Waals surface area contributed by atoms with Gasteiger partial charge in [-0.3, -0.25) is 0 Å². The van der Waals surface area contributed by atoms with Gasteiger partial charge in [-0.15, -0.1) is 0 Å². The van der Waals surface area contributed by atoms with Crippen LogP contribution in [0.3, 0.4) is 0 Å². The maximum absolute atomic E-state index is 12.0. The summed E-state index contributed by atoms with van der Waals surface area (Å²) in [6, 6.07) is 11.3. The maximum Gasteiger partial charge on any atom is 0.407 e. The molecule has 1 N–H and O–H groups in total. The lowest BCUT2D eigenvalue weighted by molar-refractivity contribution is 0.0522. The normalized spacial score (nSPS) is 12.7. The summed E-state index contributed by atoms with van der Waals surface area (Å²) in [6.45, 7) is 6.37. The zero-order valence-corrected chi connectivity index (χ0v) is 16.6. The molecule has 2 aromatic carbocycles. The van der Waals surface area contributed by atoms with Gasteiger partial charge in [-0.25, -0.2) is 9.59 Å². The number of fused-ring (bicyclic) bond motifs is 1. The number of rotatable bonds is 4. The van der Waals surface area contributed by atoms with Gasteiger partial charge in [-0.1, -0.05) is 12.1 Å². The summed E-state index contributed by atoms with van der Waals surface area (Å²) in [7, 11) is 1.36. The Kier molecular flexibility index (Phi) is 5.58. The number of amides is 1. The fraction of sp³-hybridized carbons (Fsp3) is 0.364. The van der Waals surface area contributed by atoms with Gasteiger partial charge in [0.25, 0.3) is 0 Å². The molecule has 1 aliphatic rings. The molecular weight excluding hydrogens is 358 g/mol. The Hall–Kier alpha value is -3.02. The highest BCUT2D eigenvalue weighted by molar-refractivity contribution is 5.91. The summed E-state index contributed by atoms with van der Waals surface area (Å²) in [6.07, 6.45) is 0.330. The molecule has 0 bridgehead atoms. The Morgan fingerprint density at radius 2 is 1.93 bits per heavy atom. The van der Waals surface area contributed by atoms with E-state index in [1.54, 1.807) is 12.1 Å². The molecule has 148 valence electrons. The molecule has 0 aromatic heterocycles. The number of esters is 1. The topological polar surface area (TPSA) is 73.9 Å². The number of ether oxygens (including phenoxy) is 3. The summed E-state index contributed by atoms with van der Waals surface area (Å²) in [5.41, 5.74) is 3.75. The lowest BCUT2D eigenvalue weighted by Crippen LogP contribution is -2.32. The molecule has 0 radical (unpaired) electrons. The lowest BCUT2D eigenvalue weighted by atomic mass is 9.97. The molecule has 28 heavy (non-hydrogen) atoms. The molecule has 1 amide bonds. The van der Waals surface area contributed by atoms with Crippen molar-refractivity contribution in [2.24, 2.45) is 0 Å². The highest BCUT2D eigenvalue weighted by Crippen LogP contribution is 2.35. The van der Waals surface area contributed by atoms with E-state index < -0.39 is 11.7 Å². The van der Waals surface area contributed by atoms with E-state index in [0.717, 1.165) is 34.4 Å². The lowest BCUT2D eigenvalue weighted by Gasteiger charge is -2.20. The first-order chi connectivity index (χ1) is 13.3. The number of hydrogen-bond donors (Lipinski definition) is 1. The summed E-state index contributed by atoms with van der Waals surface area (Å²) >= 11 is 0. The van der Waals surface area contributed by atoms with Crippen LogP contribution in [-0.2, 0) is 22.4 Å². The second kappa shape index (κ2) is 7.92. The second-order valence-corrected chi connectivity index (χ2v) is 7.65. The van der Waals surface area contributed by atoms with Crippen molar-refractivity contribution >= 4 is 12.1 Å². The number of benzene rings is 2. The molecule has 0 unspecified atom stereocenters. The zero-order valence-electron chi connectivity index (χ0n) is 16.6. The average Bonchev–Trinajstić information content (AvgIpc) is 3.13. The number of nitrogens with one attached hydrogen (secondary N) is 1. The van der Waals surface area contributed by atoms with Crippen molar-refractivity contribution < 1.29 is 23.8 Å². The molecule has 1 aliphatic heterocycles. The zero-order chi connectivity index (χ0) is 20.3. The van der Waals surface area contributed by atoms with E-state index in [1.165, 1.54) is 7.11 Å². The largest absolute Gasteiger partial charge is 0.493 e. The number of alkyl carbamates (subject to hydrolysis) is 1. The second-order valence-electron chi connectivity index (χ2n) is 7.65. The molecule has 6 heteroatoms. The van der Waals surface area contributed by atoms with E-state index in [2.05, 4.69) is 11.4 Å². The molecule has 3 rings (SSSR count). The predicted octanol–water partition coefficient (Wildman–Crippen LogP) is 4.10. The molecule has 2 aromatic rings. The van der Waals surface area contributed by atoms with E-state index in [0.29, 0.717) is 18.7 Å². The van der Waals surface area contributed by atoms with Crippen LogP contribution in [0.1, 0.15) is 42.3 Å². The SMILES string of the molecule is COC(=O)c1cccc(-c2cc3c(c(CNC(=O)OC(C)(C)C)c2)OCC3)c1. The summed E-state index contributed by atoms with van der Waals surface area (Å²) in [5.74, 6) is 0.432. The van der Waals surface area contributed by atoms with Crippen LogP contribution in [0.15, 0.2) is 36.4 Å². The first-order valence-corrected chi connectivity index (χ1v) is 9.21. The van der Waals surface area contributed by atoms with Crippen LogP contribution >= 0.6 is 0 Å². The minimum Gasteiger partial charge on any atom is -0.493 e. The first kappa shape index (κ1) is 19.7. The van der Waals surface area contributed by atoms with E-state index in [-0.39, 0.29) is 5.97 Å². The van der Waals surface area contributed by atoms with Crippen molar-refractivity contribution in [3.8, 4) is 16.9 Å². The minimum atomic E-state index is -0.557. The average molecular weight is 383 g/mol. The summed E-state index contributed by atoms with van der Waals surface area (Å²) in [4.78, 5) is 23.9. The number of hydrogen-bond acceptors (Lipinski definition) is 5. The fourth-order valence-corrected chi connectivity index (χ4v) is 3.11. The minimum absolute atomic E-state index is 0.293. The monoisotopic (exact) mass is 383 g/mol. The Morgan fingerprint density at radius 3 is 2.64 bits per heavy atom. The Morgan fingerprint density at radius 1 is 1.14 bits per heavy atom. The third-order valence-electron chi connectivity index (χ3n) is 4.30. The smallest absolute Gasteiger partial charge is 0.407 e. The third kappa shape index (κ3) is 4.63. The molecule has 0 fully saturated rings. The predicted molar refractivity (Wildman–Crippen MR) is 105 cm³/mol. The van der Waals surface area contributed by atoms with Crippen molar-refractivity contribution in [1.29, 1.82) is 0 Å². The van der Waals surface area contributed by atoms with Crippen LogP contribution in [0.4, 0.5) is 4.79 Å². The van der Waals surface area contributed by atoms with Crippen LogP contribution in [0.2, 0.25) is 0 Å². The third-order valence-corrected chi connectivity index (χ3v) is 4.30. The summed E-state index contributed by atoms with van der Waals surface area (Å²) < 4.78 is 15.9. The number of carbonyl (C=O) groups excluding carboxylic acids is 2. The van der Waals surface area contributed by atoms with E-state index >= 15 is 0 Å². The molecule has 0 saturated carbocycles. The van der Waals surface area contributed by atoms with E-state index in [1.807, 2.05) is 39.0 Å². The molecule has 0 atom stereocenters. The standard InChI is InChI=1S/C22H25NO5/c1-22(2,3)28-21(25)23-13-18-12-17(11-15-8-9-27-19(15)18)14-6-5-7-16(10-14)20(24)26-4/h5-7,10-12H,8-9,13H2,1-4H3,(H,23,25). The van der Waals surface area contributed by atoms with Gasteiger partial charge in [0.1, 0.15) is 11.4 Å². The Bertz CT molecular complexity index is 898. The van der Waals surface area contributed by atoms with Gasteiger partial charge in [0.2, 0.25) is 0 Å². The van der Waals surface area contributed by atoms with Crippen LogP contribution in [0, 0.1) is 0 Å². The van der Waals surface area contributed by atoms with Gasteiger partial charge in [0, 0.05) is 18.5 Å².